The average molecular weight is 189 g/mol. The molecule has 1 atom stereocenters. The lowest BCUT2D eigenvalue weighted by molar-refractivity contribution is -0.143. The summed E-state index contributed by atoms with van der Waals surface area (Å²) in [6, 6.07) is -0.840. The summed E-state index contributed by atoms with van der Waals surface area (Å²) in [5.74, 6) is -1.18. The van der Waals surface area contributed by atoms with Crippen molar-refractivity contribution in [2.24, 2.45) is 5.92 Å². The first-order chi connectivity index (χ1) is 5.91. The van der Waals surface area contributed by atoms with Gasteiger partial charge < -0.3 is 9.84 Å². The first kappa shape index (κ1) is 11.7. The predicted octanol–water partition coefficient (Wildman–Crippen LogP) is 0.794. The van der Waals surface area contributed by atoms with Crippen LogP contribution in [0.1, 0.15) is 13.8 Å². The summed E-state index contributed by atoms with van der Waals surface area (Å²) < 4.78 is 4.42. The molecule has 0 aromatic carbocycles. The molecule has 0 aromatic heterocycles. The lowest BCUT2D eigenvalue weighted by Crippen LogP contribution is -2.45. The first-order valence-corrected chi connectivity index (χ1v) is 3.95. The van der Waals surface area contributed by atoms with E-state index in [1.54, 1.807) is 13.8 Å². The maximum absolute atomic E-state index is 11.0. The number of ether oxygens (including phenoxy) is 1. The van der Waals surface area contributed by atoms with E-state index in [1.807, 2.05) is 0 Å². The van der Waals surface area contributed by atoms with Gasteiger partial charge in [-0.05, 0) is 5.92 Å². The maximum Gasteiger partial charge on any atom is 0.409 e. The maximum atomic E-state index is 11.0. The van der Waals surface area contributed by atoms with Crippen molar-refractivity contribution in [2.75, 3.05) is 14.2 Å². The number of methoxy groups -OCH3 is 1. The normalized spacial score (nSPS) is 12.4. The molecule has 0 aliphatic carbocycles. The highest BCUT2D eigenvalue weighted by Crippen LogP contribution is 2.10. The van der Waals surface area contributed by atoms with Crippen molar-refractivity contribution in [3.8, 4) is 0 Å². The van der Waals surface area contributed by atoms with Crippen LogP contribution in [0.3, 0.4) is 0 Å². The molecular formula is C8H15NO4. The monoisotopic (exact) mass is 189 g/mol. The average Bonchev–Trinajstić information content (AvgIpc) is 2.01. The Morgan fingerprint density at radius 3 is 2.08 bits per heavy atom. The van der Waals surface area contributed by atoms with Gasteiger partial charge in [-0.1, -0.05) is 13.8 Å². The van der Waals surface area contributed by atoms with Crippen LogP contribution in [0.2, 0.25) is 0 Å². The van der Waals surface area contributed by atoms with Crippen molar-refractivity contribution in [3.05, 3.63) is 0 Å². The Labute approximate surface area is 77.3 Å². The van der Waals surface area contributed by atoms with Crippen molar-refractivity contribution in [1.29, 1.82) is 0 Å². The zero-order valence-electron chi connectivity index (χ0n) is 8.27. The quantitative estimate of drug-likeness (QED) is 0.712. The van der Waals surface area contributed by atoms with Gasteiger partial charge in [0.1, 0.15) is 6.04 Å². The fraction of sp³-hybridized carbons (Fsp3) is 0.750. The largest absolute Gasteiger partial charge is 0.480 e. The Bertz CT molecular complexity index is 202. The van der Waals surface area contributed by atoms with Crippen LogP contribution in [-0.4, -0.2) is 42.3 Å². The molecule has 0 aromatic rings. The van der Waals surface area contributed by atoms with Gasteiger partial charge >= 0.3 is 12.1 Å². The van der Waals surface area contributed by atoms with E-state index in [9.17, 15) is 9.59 Å². The van der Waals surface area contributed by atoms with E-state index in [2.05, 4.69) is 4.74 Å². The van der Waals surface area contributed by atoms with Crippen LogP contribution >= 0.6 is 0 Å². The van der Waals surface area contributed by atoms with Gasteiger partial charge in [-0.2, -0.15) is 0 Å². The molecule has 0 rings (SSSR count). The third-order valence-electron chi connectivity index (χ3n) is 1.76. The molecule has 0 saturated carbocycles. The number of carbonyl (C=O) groups excluding carboxylic acids is 1. The van der Waals surface area contributed by atoms with E-state index >= 15 is 0 Å². The number of carboxylic acid groups (broad SMARTS) is 1. The second kappa shape index (κ2) is 4.69. The molecule has 0 unspecified atom stereocenters. The van der Waals surface area contributed by atoms with E-state index < -0.39 is 18.1 Å². The zero-order chi connectivity index (χ0) is 10.6. The second-order valence-corrected chi connectivity index (χ2v) is 3.11. The van der Waals surface area contributed by atoms with Crippen LogP contribution in [0, 0.1) is 5.92 Å². The second-order valence-electron chi connectivity index (χ2n) is 3.11. The van der Waals surface area contributed by atoms with Gasteiger partial charge in [0.2, 0.25) is 0 Å². The van der Waals surface area contributed by atoms with Gasteiger partial charge in [0.15, 0.2) is 0 Å². The Kier molecular flexibility index (Phi) is 4.23. The summed E-state index contributed by atoms with van der Waals surface area (Å²) in [7, 11) is 2.63. The third kappa shape index (κ3) is 2.93. The molecule has 0 radical (unpaired) electrons. The number of hydrogen-bond acceptors (Lipinski definition) is 3. The summed E-state index contributed by atoms with van der Waals surface area (Å²) in [6.45, 7) is 3.47. The molecule has 0 heterocycles. The van der Waals surface area contributed by atoms with E-state index in [0.29, 0.717) is 0 Å². The molecule has 0 bridgehead atoms. The van der Waals surface area contributed by atoms with Crippen molar-refractivity contribution in [3.63, 3.8) is 0 Å². The smallest absolute Gasteiger partial charge is 0.409 e. The molecule has 1 amide bonds. The molecule has 1 N–H and O–H groups in total. The van der Waals surface area contributed by atoms with E-state index in [1.165, 1.54) is 14.2 Å². The van der Waals surface area contributed by atoms with E-state index in [-0.39, 0.29) is 5.92 Å². The van der Waals surface area contributed by atoms with Gasteiger partial charge in [0, 0.05) is 7.05 Å². The molecule has 0 fully saturated rings. The number of hydrogen-bond donors (Lipinski definition) is 1. The van der Waals surface area contributed by atoms with Gasteiger partial charge in [-0.15, -0.1) is 0 Å². The number of rotatable bonds is 3. The molecule has 5 nitrogen and oxygen atoms in total. The summed E-state index contributed by atoms with van der Waals surface area (Å²) in [5, 5.41) is 8.81. The molecular weight excluding hydrogens is 174 g/mol. The van der Waals surface area contributed by atoms with Gasteiger partial charge in [0.05, 0.1) is 7.11 Å². The van der Waals surface area contributed by atoms with Crippen molar-refractivity contribution in [2.45, 2.75) is 19.9 Å². The molecule has 0 spiro atoms. The number of amides is 1. The number of nitrogens with zero attached hydrogens (tertiary/aromatic N) is 1. The number of likely N-dealkylation sites (N-methyl/N-ethyl adjacent to an activating group) is 1. The Hall–Kier alpha value is -1.26. The SMILES string of the molecule is COC(=O)N(C)[C@H](C(=O)O)C(C)C. The molecule has 0 aliphatic rings. The van der Waals surface area contributed by atoms with Crippen molar-refractivity contribution in [1.82, 2.24) is 4.90 Å². The molecule has 0 aliphatic heterocycles. The predicted molar refractivity (Wildman–Crippen MR) is 46.4 cm³/mol. The molecule has 5 heteroatoms. The van der Waals surface area contributed by atoms with Crippen LogP contribution in [0.25, 0.3) is 0 Å². The highest BCUT2D eigenvalue weighted by atomic mass is 16.5. The van der Waals surface area contributed by atoms with E-state index in [4.69, 9.17) is 5.11 Å². The van der Waals surface area contributed by atoms with Crippen molar-refractivity contribution < 1.29 is 19.4 Å². The number of aliphatic carboxylic acids is 1. The Balaban J connectivity index is 4.55. The van der Waals surface area contributed by atoms with Crippen molar-refractivity contribution >= 4 is 12.1 Å². The number of carbonyl (C=O) groups is 2. The lowest BCUT2D eigenvalue weighted by Gasteiger charge is -2.26. The highest BCUT2D eigenvalue weighted by molar-refractivity contribution is 5.80. The Morgan fingerprint density at radius 2 is 1.85 bits per heavy atom. The fourth-order valence-electron chi connectivity index (χ4n) is 1.16. The van der Waals surface area contributed by atoms with Gasteiger partial charge in [-0.25, -0.2) is 9.59 Å². The molecule has 13 heavy (non-hydrogen) atoms. The standard InChI is InChI=1S/C8H15NO4/c1-5(2)6(7(10)11)9(3)8(12)13-4/h5-6H,1-4H3,(H,10,11)/t6-/m0/s1. The minimum Gasteiger partial charge on any atom is -0.480 e. The minimum atomic E-state index is -1.03. The first-order valence-electron chi connectivity index (χ1n) is 3.95. The zero-order valence-corrected chi connectivity index (χ0v) is 8.27. The molecule has 0 saturated heterocycles. The minimum absolute atomic E-state index is 0.151. The van der Waals surface area contributed by atoms with Crippen LogP contribution in [0.5, 0.6) is 0 Å². The summed E-state index contributed by atoms with van der Waals surface area (Å²) in [4.78, 5) is 22.8. The fourth-order valence-corrected chi connectivity index (χ4v) is 1.16. The van der Waals surface area contributed by atoms with E-state index in [0.717, 1.165) is 4.90 Å². The third-order valence-corrected chi connectivity index (χ3v) is 1.76. The summed E-state index contributed by atoms with van der Waals surface area (Å²) in [5.41, 5.74) is 0. The summed E-state index contributed by atoms with van der Waals surface area (Å²) in [6.07, 6.45) is -0.638. The van der Waals surface area contributed by atoms with Crippen LogP contribution < -0.4 is 0 Å². The topological polar surface area (TPSA) is 66.8 Å². The van der Waals surface area contributed by atoms with Crippen LogP contribution in [-0.2, 0) is 9.53 Å². The van der Waals surface area contributed by atoms with Crippen LogP contribution in [0.15, 0.2) is 0 Å². The van der Waals surface area contributed by atoms with Gasteiger partial charge in [-0.3, -0.25) is 4.90 Å². The lowest BCUT2D eigenvalue weighted by atomic mass is 10.0. The molecule has 76 valence electrons. The van der Waals surface area contributed by atoms with Gasteiger partial charge in [0.25, 0.3) is 0 Å². The Morgan fingerprint density at radius 1 is 1.38 bits per heavy atom. The van der Waals surface area contributed by atoms with Crippen LogP contribution in [0.4, 0.5) is 4.79 Å². The number of carboxylic acids is 1. The highest BCUT2D eigenvalue weighted by Gasteiger charge is 2.29. The summed E-state index contributed by atoms with van der Waals surface area (Å²) >= 11 is 0.